The van der Waals surface area contributed by atoms with Gasteiger partial charge >= 0.3 is 11.1 Å². The smallest absolute Gasteiger partial charge is 0.316 e. The van der Waals surface area contributed by atoms with Crippen molar-refractivity contribution < 1.29 is 8.42 Å². The van der Waals surface area contributed by atoms with Gasteiger partial charge in [-0.3, -0.25) is 9.59 Å². The number of aromatic nitrogens is 2. The normalized spacial score (nSPS) is 11.7. The number of aromatic amines is 1. The van der Waals surface area contributed by atoms with Gasteiger partial charge in [0.25, 0.3) is 0 Å². The molecule has 2 N–H and O–H groups in total. The fraction of sp³-hybridized carbons (Fsp3) is 0.125. The lowest BCUT2D eigenvalue weighted by atomic mass is 10.3. The fourth-order valence-electron chi connectivity index (χ4n) is 2.45. The largest absolute Gasteiger partial charge is 0.316 e. The monoisotopic (exact) mass is 379 g/mol. The van der Waals surface area contributed by atoms with Crippen LogP contribution in [0.1, 0.15) is 0 Å². The quantitative estimate of drug-likeness (QED) is 0.653. The molecule has 0 unspecified atom stereocenters. The van der Waals surface area contributed by atoms with Crippen LogP contribution >= 0.6 is 11.6 Å². The molecule has 0 spiro atoms. The molecule has 3 aromatic rings. The van der Waals surface area contributed by atoms with Crippen molar-refractivity contribution in [3.8, 4) is 0 Å². The Morgan fingerprint density at radius 2 is 1.84 bits per heavy atom. The van der Waals surface area contributed by atoms with Crippen molar-refractivity contribution in [2.45, 2.75) is 11.4 Å². The van der Waals surface area contributed by atoms with Crippen LogP contribution in [0.5, 0.6) is 0 Å². The number of rotatable bonds is 5. The zero-order valence-corrected chi connectivity index (χ0v) is 14.5. The highest BCUT2D eigenvalue weighted by molar-refractivity contribution is 7.89. The van der Waals surface area contributed by atoms with Gasteiger partial charge in [0.2, 0.25) is 10.0 Å². The van der Waals surface area contributed by atoms with Crippen LogP contribution in [0.3, 0.4) is 0 Å². The number of fused-ring (bicyclic) bond motifs is 1. The van der Waals surface area contributed by atoms with Gasteiger partial charge in [-0.15, -0.1) is 0 Å². The first-order valence-electron chi connectivity index (χ1n) is 7.35. The molecule has 1 heterocycles. The molecule has 0 aliphatic rings. The molecule has 0 radical (unpaired) electrons. The highest BCUT2D eigenvalue weighted by Crippen LogP contribution is 2.15. The average molecular weight is 380 g/mol. The molecule has 0 aliphatic heterocycles. The van der Waals surface area contributed by atoms with Gasteiger partial charge in [0.05, 0.1) is 15.9 Å². The lowest BCUT2D eigenvalue weighted by Gasteiger charge is -2.11. The van der Waals surface area contributed by atoms with E-state index in [9.17, 15) is 18.0 Å². The minimum atomic E-state index is -3.76. The molecule has 0 saturated carbocycles. The minimum Gasteiger partial charge on any atom is -0.316 e. The summed E-state index contributed by atoms with van der Waals surface area (Å²) in [4.78, 5) is 26.3. The Balaban J connectivity index is 1.85. The summed E-state index contributed by atoms with van der Waals surface area (Å²) in [6.45, 7) is -0.0364. The summed E-state index contributed by atoms with van der Waals surface area (Å²) >= 11 is 5.81. The van der Waals surface area contributed by atoms with Gasteiger partial charge < -0.3 is 9.55 Å². The maximum Gasteiger partial charge on any atom is 0.316 e. The van der Waals surface area contributed by atoms with E-state index in [1.807, 2.05) is 0 Å². The summed E-state index contributed by atoms with van der Waals surface area (Å²) in [5, 5.41) is 0.305. The Bertz CT molecular complexity index is 1150. The topological polar surface area (TPSA) is 101 Å². The lowest BCUT2D eigenvalue weighted by Crippen LogP contribution is -2.39. The van der Waals surface area contributed by atoms with Crippen LogP contribution in [-0.2, 0) is 16.6 Å². The molecule has 0 atom stereocenters. The molecular weight excluding hydrogens is 366 g/mol. The SMILES string of the molecule is O=c1[nH]c2ccccc2n(CCNS(=O)(=O)c2cccc(Cl)c2)c1=O. The van der Waals surface area contributed by atoms with Crippen LogP contribution < -0.4 is 15.8 Å². The Morgan fingerprint density at radius 3 is 2.60 bits per heavy atom. The Morgan fingerprint density at radius 1 is 1.08 bits per heavy atom. The third-order valence-corrected chi connectivity index (χ3v) is 5.31. The van der Waals surface area contributed by atoms with E-state index >= 15 is 0 Å². The summed E-state index contributed by atoms with van der Waals surface area (Å²) in [5.74, 6) is 0. The van der Waals surface area contributed by atoms with E-state index in [-0.39, 0.29) is 18.0 Å². The Kier molecular flexibility index (Phi) is 4.76. The summed E-state index contributed by atoms with van der Waals surface area (Å²) in [6, 6.07) is 12.7. The third kappa shape index (κ3) is 3.65. The second-order valence-corrected chi connectivity index (χ2v) is 7.49. The van der Waals surface area contributed by atoms with Gasteiger partial charge in [0.15, 0.2) is 0 Å². The first-order valence-corrected chi connectivity index (χ1v) is 9.22. The first kappa shape index (κ1) is 17.4. The molecule has 0 aliphatic carbocycles. The number of halogens is 1. The molecule has 3 rings (SSSR count). The van der Waals surface area contributed by atoms with Gasteiger partial charge in [-0.05, 0) is 30.3 Å². The average Bonchev–Trinajstić information content (AvgIpc) is 2.58. The number of sulfonamides is 1. The molecule has 25 heavy (non-hydrogen) atoms. The van der Waals surface area contributed by atoms with Gasteiger partial charge in [0, 0.05) is 18.1 Å². The van der Waals surface area contributed by atoms with E-state index in [1.165, 1.54) is 22.8 Å². The first-order chi connectivity index (χ1) is 11.9. The highest BCUT2D eigenvalue weighted by Gasteiger charge is 2.14. The van der Waals surface area contributed by atoms with Gasteiger partial charge in [-0.2, -0.15) is 0 Å². The lowest BCUT2D eigenvalue weighted by molar-refractivity contribution is 0.572. The summed E-state index contributed by atoms with van der Waals surface area (Å²) in [7, 11) is -3.76. The van der Waals surface area contributed by atoms with Crippen LogP contribution in [0.2, 0.25) is 5.02 Å². The van der Waals surface area contributed by atoms with E-state index in [0.29, 0.717) is 16.1 Å². The molecule has 2 aromatic carbocycles. The summed E-state index contributed by atoms with van der Waals surface area (Å²) < 4.78 is 28.2. The summed E-state index contributed by atoms with van der Waals surface area (Å²) in [5.41, 5.74) is -0.462. The highest BCUT2D eigenvalue weighted by atomic mass is 35.5. The number of para-hydroxylation sites is 2. The molecule has 0 saturated heterocycles. The molecule has 0 amide bonds. The Hall–Kier alpha value is -2.42. The van der Waals surface area contributed by atoms with Crippen LogP contribution in [0.4, 0.5) is 0 Å². The van der Waals surface area contributed by atoms with E-state index in [2.05, 4.69) is 9.71 Å². The molecule has 1 aromatic heterocycles. The number of nitrogens with one attached hydrogen (secondary N) is 2. The van der Waals surface area contributed by atoms with Gasteiger partial charge in [0.1, 0.15) is 0 Å². The van der Waals surface area contributed by atoms with Gasteiger partial charge in [-0.25, -0.2) is 13.1 Å². The van der Waals surface area contributed by atoms with Crippen LogP contribution in [0.15, 0.2) is 63.0 Å². The zero-order valence-electron chi connectivity index (χ0n) is 12.9. The van der Waals surface area contributed by atoms with Gasteiger partial charge in [-0.1, -0.05) is 29.8 Å². The third-order valence-electron chi connectivity index (χ3n) is 3.62. The van der Waals surface area contributed by atoms with Crippen LogP contribution in [0.25, 0.3) is 11.0 Å². The summed E-state index contributed by atoms with van der Waals surface area (Å²) in [6.07, 6.45) is 0. The van der Waals surface area contributed by atoms with E-state index in [1.54, 1.807) is 30.3 Å². The number of H-pyrrole nitrogens is 1. The maximum absolute atomic E-state index is 12.3. The maximum atomic E-state index is 12.3. The van der Waals surface area contributed by atoms with Crippen molar-refractivity contribution in [3.63, 3.8) is 0 Å². The predicted octanol–water partition coefficient (Wildman–Crippen LogP) is 1.32. The van der Waals surface area contributed by atoms with Crippen molar-refractivity contribution in [2.24, 2.45) is 0 Å². The molecular formula is C16H14ClN3O4S. The number of hydrogen-bond acceptors (Lipinski definition) is 4. The fourth-order valence-corrected chi connectivity index (χ4v) is 3.78. The number of hydrogen-bond donors (Lipinski definition) is 2. The molecule has 7 nitrogen and oxygen atoms in total. The second kappa shape index (κ2) is 6.83. The van der Waals surface area contributed by atoms with Crippen LogP contribution in [0, 0.1) is 0 Å². The van der Waals surface area contributed by atoms with Crippen molar-refractivity contribution in [1.82, 2.24) is 14.3 Å². The van der Waals surface area contributed by atoms with E-state index < -0.39 is 21.1 Å². The van der Waals surface area contributed by atoms with E-state index in [0.717, 1.165) is 0 Å². The van der Waals surface area contributed by atoms with E-state index in [4.69, 9.17) is 11.6 Å². The van der Waals surface area contributed by atoms with Crippen molar-refractivity contribution in [1.29, 1.82) is 0 Å². The second-order valence-electron chi connectivity index (χ2n) is 5.28. The van der Waals surface area contributed by atoms with Crippen molar-refractivity contribution >= 4 is 32.7 Å². The number of benzene rings is 2. The molecule has 0 bridgehead atoms. The Labute approximate surface area is 147 Å². The van der Waals surface area contributed by atoms with Crippen molar-refractivity contribution in [3.05, 3.63) is 74.3 Å². The predicted molar refractivity (Wildman–Crippen MR) is 95.5 cm³/mol. The number of nitrogens with zero attached hydrogens (tertiary/aromatic N) is 1. The molecule has 9 heteroatoms. The zero-order chi connectivity index (χ0) is 18.0. The van der Waals surface area contributed by atoms with Crippen LogP contribution in [-0.4, -0.2) is 24.5 Å². The van der Waals surface area contributed by atoms with Crippen molar-refractivity contribution in [2.75, 3.05) is 6.54 Å². The molecule has 0 fully saturated rings. The minimum absolute atomic E-state index is 0.0169. The molecule has 130 valence electrons. The standard InChI is InChI=1S/C16H14ClN3O4S/c17-11-4-3-5-12(10-11)25(23,24)18-8-9-20-14-7-2-1-6-13(14)19-15(21)16(20)22/h1-7,10,18H,8-9H2,(H,19,21).